The number of hydrogen-bond donors (Lipinski definition) is 5. The fourth-order valence-corrected chi connectivity index (χ4v) is 7.77. The summed E-state index contributed by atoms with van der Waals surface area (Å²) in [5.74, 6) is -0.969. The highest BCUT2D eigenvalue weighted by Gasteiger charge is 2.43. The normalized spacial score (nSPS) is 24.9. The quantitative estimate of drug-likeness (QED) is 0.154. The van der Waals surface area contributed by atoms with Gasteiger partial charge in [0.2, 0.25) is 21.8 Å². The van der Waals surface area contributed by atoms with Crippen molar-refractivity contribution in [3.63, 3.8) is 0 Å². The molecule has 2 fully saturated rings. The number of amidine groups is 1. The number of carbonyl (C=O) groups is 2. The Bertz CT molecular complexity index is 1330. The summed E-state index contributed by atoms with van der Waals surface area (Å²) in [4.78, 5) is 29.5. The van der Waals surface area contributed by atoms with E-state index in [2.05, 4.69) is 31.3 Å². The van der Waals surface area contributed by atoms with E-state index in [0.717, 1.165) is 32.2 Å². The first kappa shape index (κ1) is 33.8. The largest absolute Gasteiger partial charge is 0.383 e. The Morgan fingerprint density at radius 1 is 1.37 bits per heavy atom. The fraction of sp³-hybridized carbons (Fsp3) is 0.607. The number of allylic oxidation sites excluding steroid dienone is 1. The fourth-order valence-electron chi connectivity index (χ4n) is 5.67. The average Bonchev–Trinajstić information content (AvgIpc) is 3.61. The number of piperidine rings is 1. The summed E-state index contributed by atoms with van der Waals surface area (Å²) in [5.41, 5.74) is 5.93. The number of benzene rings is 1. The second-order valence-corrected chi connectivity index (χ2v) is 15.4. The van der Waals surface area contributed by atoms with Crippen molar-refractivity contribution in [3.05, 3.63) is 45.0 Å². The average molecular weight is 704 g/mol. The predicted molar refractivity (Wildman–Crippen MR) is 168 cm³/mol. The van der Waals surface area contributed by atoms with Gasteiger partial charge in [-0.05, 0) is 63.2 Å². The summed E-state index contributed by atoms with van der Waals surface area (Å²) < 4.78 is 48.1. The number of likely N-dealkylation sites (tertiary alicyclic amines) is 1. The van der Waals surface area contributed by atoms with Crippen molar-refractivity contribution in [2.45, 2.75) is 68.6 Å². The zero-order valence-corrected chi connectivity index (χ0v) is 27.3. The smallest absolute Gasteiger partial charge is 0.242 e. The van der Waals surface area contributed by atoms with Crippen LogP contribution in [0.4, 0.5) is 4.39 Å². The van der Waals surface area contributed by atoms with Crippen molar-refractivity contribution in [2.75, 3.05) is 32.4 Å². The van der Waals surface area contributed by atoms with Gasteiger partial charge in [0.1, 0.15) is 23.7 Å². The summed E-state index contributed by atoms with van der Waals surface area (Å²) in [6, 6.07) is 2.74. The lowest BCUT2D eigenvalue weighted by Gasteiger charge is -2.30. The van der Waals surface area contributed by atoms with Crippen LogP contribution in [0.1, 0.15) is 44.1 Å². The van der Waals surface area contributed by atoms with E-state index >= 15 is 0 Å². The lowest BCUT2D eigenvalue weighted by atomic mass is 9.92. The predicted octanol–water partition coefficient (Wildman–Crippen LogP) is 2.21. The first-order valence-electron chi connectivity index (χ1n) is 14.4. The van der Waals surface area contributed by atoms with Crippen molar-refractivity contribution >= 4 is 55.4 Å². The highest BCUT2D eigenvalue weighted by Crippen LogP contribution is 2.32. The number of ether oxygens (including phenoxy) is 1. The second-order valence-electron chi connectivity index (χ2n) is 11.3. The number of thioether (sulfide) groups is 1. The van der Waals surface area contributed by atoms with E-state index in [0.29, 0.717) is 46.7 Å². The van der Waals surface area contributed by atoms with Gasteiger partial charge in [-0.15, -0.1) is 11.8 Å². The molecule has 4 rings (SSSR count). The summed E-state index contributed by atoms with van der Waals surface area (Å²) in [6.07, 6.45) is 6.14. The molecular formula is C28H40BrFN6O5S2. The zero-order valence-electron chi connectivity index (χ0n) is 24.1. The van der Waals surface area contributed by atoms with Crippen LogP contribution in [0, 0.1) is 17.1 Å². The van der Waals surface area contributed by atoms with Gasteiger partial charge >= 0.3 is 0 Å². The number of nitrogens with zero attached hydrogens (tertiary/aromatic N) is 1. The maximum atomic E-state index is 14.4. The topological polar surface area (TPSA) is 167 Å². The van der Waals surface area contributed by atoms with Gasteiger partial charge in [0.25, 0.3) is 0 Å². The van der Waals surface area contributed by atoms with Gasteiger partial charge in [0.15, 0.2) is 0 Å². The van der Waals surface area contributed by atoms with Crippen molar-refractivity contribution in [1.82, 2.24) is 20.3 Å². The van der Waals surface area contributed by atoms with Crippen molar-refractivity contribution < 1.29 is 27.1 Å². The first-order valence-corrected chi connectivity index (χ1v) is 18.0. The highest BCUT2D eigenvalue weighted by molar-refractivity contribution is 9.10. The molecular weight excluding hydrogens is 663 g/mol. The molecule has 3 heterocycles. The molecule has 43 heavy (non-hydrogen) atoms. The number of nitrogens with one attached hydrogen (secondary N) is 4. The Balaban J connectivity index is 1.46. The summed E-state index contributed by atoms with van der Waals surface area (Å²) in [7, 11) is -3.72. The van der Waals surface area contributed by atoms with Gasteiger partial charge in [0.05, 0.1) is 19.0 Å². The molecule has 3 aliphatic heterocycles. The van der Waals surface area contributed by atoms with E-state index in [1.54, 1.807) is 12.1 Å². The minimum atomic E-state index is -3.72. The van der Waals surface area contributed by atoms with Gasteiger partial charge in [-0.3, -0.25) is 15.0 Å². The molecule has 3 aliphatic rings. The van der Waals surface area contributed by atoms with E-state index in [9.17, 15) is 22.4 Å². The Kier molecular flexibility index (Phi) is 12.0. The molecule has 1 unspecified atom stereocenters. The monoisotopic (exact) mass is 702 g/mol. The van der Waals surface area contributed by atoms with Crippen LogP contribution in [0.5, 0.6) is 0 Å². The summed E-state index contributed by atoms with van der Waals surface area (Å²) in [6.45, 7) is 2.09. The Hall–Kier alpha value is -2.04. The number of hydrogen-bond acceptors (Lipinski definition) is 8. The molecule has 15 heteroatoms. The third kappa shape index (κ3) is 9.98. The van der Waals surface area contributed by atoms with E-state index in [4.69, 9.17) is 15.9 Å². The lowest BCUT2D eigenvalue weighted by Crippen LogP contribution is -2.54. The minimum Gasteiger partial charge on any atom is -0.383 e. The van der Waals surface area contributed by atoms with Gasteiger partial charge < -0.3 is 26.0 Å². The van der Waals surface area contributed by atoms with Crippen molar-refractivity contribution in [2.24, 2.45) is 11.7 Å². The third-order valence-corrected chi connectivity index (χ3v) is 10.4. The molecule has 0 aromatic heterocycles. The van der Waals surface area contributed by atoms with Gasteiger partial charge in [-0.2, -0.15) is 0 Å². The van der Waals surface area contributed by atoms with Crippen LogP contribution in [0.3, 0.4) is 0 Å². The molecule has 0 bridgehead atoms. The van der Waals surface area contributed by atoms with Crippen LogP contribution >= 0.6 is 27.7 Å². The first-order chi connectivity index (χ1) is 20.4. The Labute approximate surface area is 265 Å². The van der Waals surface area contributed by atoms with Crippen LogP contribution < -0.4 is 21.1 Å². The molecule has 11 nitrogen and oxygen atoms in total. The minimum absolute atomic E-state index is 0.00424. The third-order valence-electron chi connectivity index (χ3n) is 7.88. The van der Waals surface area contributed by atoms with Crippen molar-refractivity contribution in [1.29, 1.82) is 5.41 Å². The Morgan fingerprint density at radius 2 is 2.16 bits per heavy atom. The van der Waals surface area contributed by atoms with Gasteiger partial charge in [0, 0.05) is 39.7 Å². The number of sulfonamides is 1. The second kappa shape index (κ2) is 15.3. The summed E-state index contributed by atoms with van der Waals surface area (Å²) in [5, 5.41) is 13.9. The van der Waals surface area contributed by atoms with Crippen LogP contribution in [0.2, 0.25) is 0 Å². The number of amides is 2. The van der Waals surface area contributed by atoms with Gasteiger partial charge in [-0.1, -0.05) is 28.1 Å². The van der Waals surface area contributed by atoms with Crippen molar-refractivity contribution in [3.8, 4) is 0 Å². The maximum Gasteiger partial charge on any atom is 0.242 e. The zero-order chi connectivity index (χ0) is 31.1. The number of rotatable bonds is 13. The van der Waals surface area contributed by atoms with Crippen LogP contribution in [-0.2, 0) is 31.0 Å². The van der Waals surface area contributed by atoms with E-state index in [1.165, 1.54) is 22.7 Å². The molecule has 0 saturated carbocycles. The molecule has 6 N–H and O–H groups in total. The van der Waals surface area contributed by atoms with Crippen LogP contribution in [0.25, 0.3) is 0 Å². The SMILES string of the molecule is CS(=O)(=O)N[C@H](CC[C@H]1CCCNC1)C(=O)N1C[C@H](OCc2ccc(Br)cc2F)C[C@H]1C(=O)NCC1CC=C(C(=N)N)S1. The number of halogens is 2. The van der Waals surface area contributed by atoms with E-state index in [-0.39, 0.29) is 36.6 Å². The highest BCUT2D eigenvalue weighted by atomic mass is 79.9. The molecule has 1 aromatic carbocycles. The molecule has 0 aliphatic carbocycles. The van der Waals surface area contributed by atoms with Gasteiger partial charge in [-0.25, -0.2) is 17.5 Å². The standard InChI is InChI=1S/C28H40BrFN6O5S2/c1-43(39,40)35-23(8-4-17-3-2-10-33-13-17)28(38)36-15-20(41-16-18-5-6-19(29)11-22(18)30)12-24(36)27(37)34-14-21-7-9-25(42-21)26(31)32/h5-6,9,11,17,20-21,23-24,33,35H,2-4,7-8,10,12-16H2,1H3,(H3,31,32)(H,34,37)/t17-,20-,21?,23-,24+/m1/s1. The molecule has 5 atom stereocenters. The van der Waals surface area contributed by atoms with Crippen LogP contribution in [0.15, 0.2) is 33.7 Å². The molecule has 0 spiro atoms. The lowest BCUT2D eigenvalue weighted by molar-refractivity contribution is -0.140. The Morgan fingerprint density at radius 3 is 2.81 bits per heavy atom. The number of nitrogens with two attached hydrogens (primary N) is 1. The molecule has 1 aromatic rings. The summed E-state index contributed by atoms with van der Waals surface area (Å²) >= 11 is 4.66. The molecule has 0 radical (unpaired) electrons. The number of carbonyl (C=O) groups excluding carboxylic acids is 2. The van der Waals surface area contributed by atoms with E-state index in [1.807, 2.05) is 6.08 Å². The molecule has 2 saturated heterocycles. The van der Waals surface area contributed by atoms with E-state index < -0.39 is 39.9 Å². The maximum absolute atomic E-state index is 14.4. The molecule has 2 amide bonds. The van der Waals surface area contributed by atoms with Crippen LogP contribution in [-0.4, -0.2) is 86.8 Å². The molecule has 238 valence electrons.